The van der Waals surface area contributed by atoms with Crippen LogP contribution in [-0.4, -0.2) is 63.4 Å². The molecule has 0 saturated carbocycles. The summed E-state index contributed by atoms with van der Waals surface area (Å²) < 4.78 is 0. The van der Waals surface area contributed by atoms with Gasteiger partial charge in [-0.25, -0.2) is 14.4 Å². The third-order valence-corrected chi connectivity index (χ3v) is 4.44. The highest BCUT2D eigenvalue weighted by atomic mass is 16.4. The zero-order valence-electron chi connectivity index (χ0n) is 23.1. The number of urea groups is 1. The highest BCUT2D eigenvalue weighted by Gasteiger charge is 2.25. The molecule has 2 aromatic rings. The van der Waals surface area contributed by atoms with Crippen LogP contribution in [-0.2, 0) is 16.0 Å². The summed E-state index contributed by atoms with van der Waals surface area (Å²) in [5.74, 6) is -2.66. The van der Waals surface area contributed by atoms with Crippen LogP contribution in [0, 0.1) is 12.8 Å². The molecule has 37 heavy (non-hydrogen) atoms. The van der Waals surface area contributed by atoms with E-state index < -0.39 is 36.7 Å². The molecule has 0 bridgehead atoms. The van der Waals surface area contributed by atoms with Crippen molar-refractivity contribution in [2.45, 2.75) is 67.0 Å². The van der Waals surface area contributed by atoms with Gasteiger partial charge in [-0.1, -0.05) is 96.1 Å². The van der Waals surface area contributed by atoms with E-state index in [-0.39, 0.29) is 13.0 Å². The van der Waals surface area contributed by atoms with Gasteiger partial charge in [0, 0.05) is 13.0 Å². The Kier molecular flexibility index (Phi) is 24.4. The first-order valence-electron chi connectivity index (χ1n) is 12.5. The Balaban J connectivity index is -0.00000131. The third-order valence-electron chi connectivity index (χ3n) is 4.44. The highest BCUT2D eigenvalue weighted by molar-refractivity contribution is 5.83. The van der Waals surface area contributed by atoms with Crippen molar-refractivity contribution in [2.24, 2.45) is 0 Å². The van der Waals surface area contributed by atoms with Gasteiger partial charge in [0.25, 0.3) is 0 Å². The number of carbonyl (C=O) groups is 3. The molecule has 206 valence electrons. The zero-order valence-corrected chi connectivity index (χ0v) is 23.1. The maximum absolute atomic E-state index is 12.3. The molecule has 0 fully saturated rings. The number of carbonyl (C=O) groups excluding carboxylic acids is 1. The topological polar surface area (TPSA) is 127 Å². The zero-order chi connectivity index (χ0) is 29.4. The smallest absolute Gasteiger partial charge is 0.334 e. The van der Waals surface area contributed by atoms with E-state index in [2.05, 4.69) is 18.2 Å². The summed E-state index contributed by atoms with van der Waals surface area (Å²) in [6.45, 7) is 13.3. The van der Waals surface area contributed by atoms with E-state index in [0.29, 0.717) is 0 Å². The van der Waals surface area contributed by atoms with Gasteiger partial charge in [-0.3, -0.25) is 0 Å². The molecule has 4 N–H and O–H groups in total. The number of carboxylic acids is 2. The largest absolute Gasteiger partial charge is 0.480 e. The second-order valence-corrected chi connectivity index (χ2v) is 6.50. The van der Waals surface area contributed by atoms with Gasteiger partial charge in [0.2, 0.25) is 0 Å². The van der Waals surface area contributed by atoms with Crippen molar-refractivity contribution in [3.05, 3.63) is 60.2 Å². The number of carboxylic acid groups (broad SMARTS) is 2. The fraction of sp³-hybridized carbons (Fsp3) is 0.414. The molecular formula is C29H44N2O6. The number of nitrogens with one attached hydrogen (secondary N) is 1. The fourth-order valence-corrected chi connectivity index (χ4v) is 2.78. The lowest BCUT2D eigenvalue weighted by Gasteiger charge is -2.25. The van der Waals surface area contributed by atoms with Crippen molar-refractivity contribution < 1.29 is 29.7 Å². The molecule has 2 amide bonds. The minimum absolute atomic E-state index is 0.0647. The SMILES string of the molecule is C#C.CC.CC.CC.CCN(CC(O)C(=O)O)C(=O)NC(Cc1ccc(-c2ccccc2)cc1)C(=O)O. The number of benzene rings is 2. The normalized spacial score (nSPS) is 10.4. The van der Waals surface area contributed by atoms with Crippen LogP contribution in [0.15, 0.2) is 54.6 Å². The Morgan fingerprint density at radius 1 is 0.811 bits per heavy atom. The van der Waals surface area contributed by atoms with Gasteiger partial charge in [-0.05, 0) is 23.6 Å². The molecule has 2 aromatic carbocycles. The van der Waals surface area contributed by atoms with Crippen molar-refractivity contribution >= 4 is 18.0 Å². The predicted molar refractivity (Wildman–Crippen MR) is 150 cm³/mol. The lowest BCUT2D eigenvalue weighted by molar-refractivity contribution is -0.147. The Hall–Kier alpha value is -3.83. The average molecular weight is 517 g/mol. The number of likely N-dealkylation sites (N-methyl/N-ethyl adjacent to an activating group) is 1. The molecule has 0 heterocycles. The van der Waals surface area contributed by atoms with Crippen LogP contribution >= 0.6 is 0 Å². The van der Waals surface area contributed by atoms with Crippen LogP contribution in [0.2, 0.25) is 0 Å². The number of nitrogens with zero attached hydrogens (tertiary/aromatic N) is 1. The van der Waals surface area contributed by atoms with Gasteiger partial charge in [0.15, 0.2) is 6.10 Å². The van der Waals surface area contributed by atoms with E-state index in [4.69, 9.17) is 5.11 Å². The highest BCUT2D eigenvalue weighted by Crippen LogP contribution is 2.19. The van der Waals surface area contributed by atoms with E-state index in [1.807, 2.05) is 84.0 Å². The summed E-state index contributed by atoms with van der Waals surface area (Å²) in [6, 6.07) is 15.2. The minimum atomic E-state index is -1.74. The molecule has 8 heteroatoms. The maximum atomic E-state index is 12.3. The van der Waals surface area contributed by atoms with Crippen LogP contribution in [0.25, 0.3) is 11.1 Å². The van der Waals surface area contributed by atoms with Crippen molar-refractivity contribution in [2.75, 3.05) is 13.1 Å². The molecule has 0 aliphatic rings. The summed E-state index contributed by atoms with van der Waals surface area (Å²) in [7, 11) is 0. The molecule has 2 rings (SSSR count). The number of aliphatic hydroxyl groups is 1. The monoisotopic (exact) mass is 516 g/mol. The van der Waals surface area contributed by atoms with Crippen LogP contribution in [0.1, 0.15) is 54.0 Å². The van der Waals surface area contributed by atoms with Crippen LogP contribution in [0.3, 0.4) is 0 Å². The number of aliphatic hydroxyl groups excluding tert-OH is 1. The minimum Gasteiger partial charge on any atom is -0.480 e. The van der Waals surface area contributed by atoms with E-state index in [1.165, 1.54) is 0 Å². The molecule has 2 atom stereocenters. The molecule has 0 aromatic heterocycles. The maximum Gasteiger partial charge on any atom is 0.334 e. The van der Waals surface area contributed by atoms with E-state index in [9.17, 15) is 24.6 Å². The lowest BCUT2D eigenvalue weighted by atomic mass is 10.0. The van der Waals surface area contributed by atoms with E-state index in [0.717, 1.165) is 21.6 Å². The van der Waals surface area contributed by atoms with E-state index in [1.54, 1.807) is 19.1 Å². The van der Waals surface area contributed by atoms with Gasteiger partial charge in [-0.2, -0.15) is 0 Å². The molecule has 0 aliphatic heterocycles. The number of terminal acetylenes is 1. The van der Waals surface area contributed by atoms with Gasteiger partial charge in [0.05, 0.1) is 6.54 Å². The van der Waals surface area contributed by atoms with E-state index >= 15 is 0 Å². The first-order chi connectivity index (χ1) is 17.8. The molecule has 0 spiro atoms. The van der Waals surface area contributed by atoms with Gasteiger partial charge in [0.1, 0.15) is 6.04 Å². The quantitative estimate of drug-likeness (QED) is 0.341. The number of hydrogen-bond donors (Lipinski definition) is 4. The van der Waals surface area contributed by atoms with Gasteiger partial charge < -0.3 is 25.5 Å². The molecule has 8 nitrogen and oxygen atoms in total. The Morgan fingerprint density at radius 3 is 1.68 bits per heavy atom. The number of hydrogen-bond acceptors (Lipinski definition) is 4. The Labute approximate surface area is 222 Å². The lowest BCUT2D eigenvalue weighted by Crippen LogP contribution is -2.51. The predicted octanol–water partition coefficient (Wildman–Crippen LogP) is 5.15. The summed E-state index contributed by atoms with van der Waals surface area (Å²) in [5, 5.41) is 30.1. The van der Waals surface area contributed by atoms with Crippen LogP contribution in [0.5, 0.6) is 0 Å². The second kappa shape index (κ2) is 23.9. The molecular weight excluding hydrogens is 472 g/mol. The molecule has 2 unspecified atom stereocenters. The van der Waals surface area contributed by atoms with Gasteiger partial charge >= 0.3 is 18.0 Å². The average Bonchev–Trinajstić information content (AvgIpc) is 2.96. The fourth-order valence-electron chi connectivity index (χ4n) is 2.78. The van der Waals surface area contributed by atoms with Crippen molar-refractivity contribution in [1.29, 1.82) is 0 Å². The summed E-state index contributed by atoms with van der Waals surface area (Å²) in [5.41, 5.74) is 2.76. The summed E-state index contributed by atoms with van der Waals surface area (Å²) >= 11 is 0. The van der Waals surface area contributed by atoms with Gasteiger partial charge in [-0.15, -0.1) is 12.8 Å². The molecule has 0 radical (unpaired) electrons. The first kappa shape index (κ1) is 37.7. The number of rotatable bonds is 9. The van der Waals surface area contributed by atoms with Crippen molar-refractivity contribution in [1.82, 2.24) is 10.2 Å². The molecule has 0 aliphatic carbocycles. The second-order valence-electron chi connectivity index (χ2n) is 6.50. The Morgan fingerprint density at radius 2 is 1.27 bits per heavy atom. The summed E-state index contributed by atoms with van der Waals surface area (Å²) in [6.07, 6.45) is 6.32. The first-order valence-corrected chi connectivity index (χ1v) is 12.5. The van der Waals surface area contributed by atoms with Crippen molar-refractivity contribution in [3.63, 3.8) is 0 Å². The molecule has 0 saturated heterocycles. The Bertz CT molecular complexity index is 882. The standard InChI is InChI=1S/C21H24N2O6.3C2H6.C2H2/c1-2-23(13-18(24)20(27)28)21(29)22-17(19(25)26)12-14-8-10-16(11-9-14)15-6-4-3-5-7-15;4*1-2/h3-11,17-18,24H,2,12-13H2,1H3,(H,22,29)(H,25,26)(H,27,28);3*1-2H3;1-2H. The van der Waals surface area contributed by atoms with Crippen molar-refractivity contribution in [3.8, 4) is 24.0 Å². The third kappa shape index (κ3) is 15.0. The summed E-state index contributed by atoms with van der Waals surface area (Å²) in [4.78, 5) is 35.7. The van der Waals surface area contributed by atoms with Crippen LogP contribution < -0.4 is 5.32 Å². The van der Waals surface area contributed by atoms with Crippen LogP contribution in [0.4, 0.5) is 4.79 Å². The number of aliphatic carboxylic acids is 2. The number of amides is 2.